The van der Waals surface area contributed by atoms with Crippen LogP contribution in [0, 0.1) is 0 Å². The lowest BCUT2D eigenvalue weighted by atomic mass is 10.4. The Morgan fingerprint density at radius 1 is 1.50 bits per heavy atom. The summed E-state index contributed by atoms with van der Waals surface area (Å²) in [5.74, 6) is 0.337. The SMILES string of the molecule is NC(=S)c1cnn(-c2nn3c(c2Cl)S(=O)(=O)CCC3)c1. The van der Waals surface area contributed by atoms with Gasteiger partial charge in [0.2, 0.25) is 0 Å². The van der Waals surface area contributed by atoms with E-state index in [0.29, 0.717) is 18.5 Å². The molecule has 0 unspecified atom stereocenters. The van der Waals surface area contributed by atoms with Crippen LogP contribution in [0.2, 0.25) is 5.02 Å². The molecule has 7 nitrogen and oxygen atoms in total. The minimum Gasteiger partial charge on any atom is -0.389 e. The quantitative estimate of drug-likeness (QED) is 0.807. The van der Waals surface area contributed by atoms with Gasteiger partial charge in [-0.25, -0.2) is 13.1 Å². The predicted octanol–water partition coefficient (Wildman–Crippen LogP) is 0.534. The number of sulfone groups is 1. The van der Waals surface area contributed by atoms with Gasteiger partial charge in [0.1, 0.15) is 10.0 Å². The fourth-order valence-electron chi connectivity index (χ4n) is 2.07. The van der Waals surface area contributed by atoms with Crippen LogP contribution in [-0.4, -0.2) is 38.7 Å². The van der Waals surface area contributed by atoms with Gasteiger partial charge in [0, 0.05) is 18.3 Å². The molecule has 0 atom stereocenters. The maximum Gasteiger partial charge on any atom is 0.196 e. The third-order valence-corrected chi connectivity index (χ3v) is 5.52. The average molecular weight is 332 g/mol. The lowest BCUT2D eigenvalue weighted by Gasteiger charge is -2.13. The molecule has 3 heterocycles. The Balaban J connectivity index is 2.16. The molecular weight excluding hydrogens is 322 g/mol. The molecule has 2 aromatic heterocycles. The van der Waals surface area contributed by atoms with Crippen molar-refractivity contribution in [1.29, 1.82) is 0 Å². The van der Waals surface area contributed by atoms with Crippen LogP contribution >= 0.6 is 23.8 Å². The Kier molecular flexibility index (Phi) is 3.07. The van der Waals surface area contributed by atoms with Crippen LogP contribution in [0.25, 0.3) is 5.82 Å². The van der Waals surface area contributed by atoms with E-state index < -0.39 is 9.84 Å². The summed E-state index contributed by atoms with van der Waals surface area (Å²) in [7, 11) is -3.39. The maximum atomic E-state index is 12.0. The molecule has 0 saturated carbocycles. The third kappa shape index (κ3) is 2.02. The standard InChI is InChI=1S/C10H10ClN5O2S2/c11-7-9(16-5-6(4-13-16)8(12)19)14-15-2-1-3-20(17,18)10(7)15/h4-5H,1-3H2,(H2,12,19). The first kappa shape index (κ1) is 13.5. The van der Waals surface area contributed by atoms with Gasteiger partial charge in [-0.2, -0.15) is 10.2 Å². The molecular formula is C10H10ClN5O2S2. The number of halogens is 1. The van der Waals surface area contributed by atoms with Gasteiger partial charge in [-0.15, -0.1) is 0 Å². The van der Waals surface area contributed by atoms with Crippen molar-refractivity contribution in [2.45, 2.75) is 18.0 Å². The largest absolute Gasteiger partial charge is 0.389 e. The molecule has 0 amide bonds. The van der Waals surface area contributed by atoms with Crippen molar-refractivity contribution in [3.63, 3.8) is 0 Å². The summed E-state index contributed by atoms with van der Waals surface area (Å²) in [5, 5.41) is 8.39. The highest BCUT2D eigenvalue weighted by molar-refractivity contribution is 7.91. The van der Waals surface area contributed by atoms with Crippen molar-refractivity contribution in [2.75, 3.05) is 5.75 Å². The van der Waals surface area contributed by atoms with Crippen molar-refractivity contribution in [3.8, 4) is 5.82 Å². The fourth-order valence-corrected chi connectivity index (χ4v) is 4.27. The van der Waals surface area contributed by atoms with Gasteiger partial charge in [0.15, 0.2) is 20.7 Å². The molecule has 0 radical (unpaired) electrons. The zero-order chi connectivity index (χ0) is 14.5. The Morgan fingerprint density at radius 2 is 2.25 bits per heavy atom. The second kappa shape index (κ2) is 4.54. The zero-order valence-corrected chi connectivity index (χ0v) is 12.5. The van der Waals surface area contributed by atoms with Gasteiger partial charge in [0.25, 0.3) is 0 Å². The first-order valence-electron chi connectivity index (χ1n) is 5.74. The number of rotatable bonds is 2. The second-order valence-corrected chi connectivity index (χ2v) is 7.22. The first-order valence-corrected chi connectivity index (χ1v) is 8.18. The molecule has 0 saturated heterocycles. The van der Waals surface area contributed by atoms with Gasteiger partial charge >= 0.3 is 0 Å². The number of nitrogens with two attached hydrogens (primary N) is 1. The molecule has 0 aromatic carbocycles. The van der Waals surface area contributed by atoms with E-state index in [9.17, 15) is 8.42 Å². The smallest absolute Gasteiger partial charge is 0.196 e. The van der Waals surface area contributed by atoms with E-state index in [0.717, 1.165) is 0 Å². The molecule has 20 heavy (non-hydrogen) atoms. The lowest BCUT2D eigenvalue weighted by Crippen LogP contribution is -2.21. The van der Waals surface area contributed by atoms with Crippen LogP contribution in [-0.2, 0) is 16.4 Å². The van der Waals surface area contributed by atoms with Crippen molar-refractivity contribution >= 4 is 38.6 Å². The van der Waals surface area contributed by atoms with Gasteiger partial charge < -0.3 is 5.73 Å². The molecule has 1 aliphatic rings. The Hall–Kier alpha value is -1.45. The van der Waals surface area contributed by atoms with E-state index in [-0.39, 0.29) is 26.6 Å². The topological polar surface area (TPSA) is 95.8 Å². The van der Waals surface area contributed by atoms with Gasteiger partial charge in [-0.1, -0.05) is 23.8 Å². The van der Waals surface area contributed by atoms with E-state index in [1.165, 1.54) is 15.6 Å². The summed E-state index contributed by atoms with van der Waals surface area (Å²) >= 11 is 11.0. The second-order valence-electron chi connectivity index (χ2n) is 4.38. The number of thiocarbonyl (C=S) groups is 1. The predicted molar refractivity (Wildman–Crippen MR) is 76.9 cm³/mol. The Labute approximate surface area is 125 Å². The molecule has 0 aliphatic carbocycles. The van der Waals surface area contributed by atoms with Crippen LogP contribution in [0.4, 0.5) is 0 Å². The molecule has 3 rings (SSSR count). The number of aryl methyl sites for hydroxylation is 1. The van der Waals surface area contributed by atoms with E-state index in [2.05, 4.69) is 10.2 Å². The molecule has 2 aromatic rings. The fraction of sp³-hybridized carbons (Fsp3) is 0.300. The molecule has 0 fully saturated rings. The summed E-state index contributed by atoms with van der Waals surface area (Å²) in [5.41, 5.74) is 6.07. The molecule has 106 valence electrons. The summed E-state index contributed by atoms with van der Waals surface area (Å²) in [4.78, 5) is 0.198. The first-order chi connectivity index (χ1) is 9.40. The number of nitrogens with zero attached hydrogens (tertiary/aromatic N) is 4. The summed E-state index contributed by atoms with van der Waals surface area (Å²) in [6.07, 6.45) is 3.56. The van der Waals surface area contributed by atoms with Crippen molar-refractivity contribution < 1.29 is 8.42 Å². The van der Waals surface area contributed by atoms with Gasteiger partial charge in [0.05, 0.1) is 11.9 Å². The van der Waals surface area contributed by atoms with Crippen LogP contribution in [0.1, 0.15) is 12.0 Å². The van der Waals surface area contributed by atoms with E-state index in [1.54, 1.807) is 6.20 Å². The Bertz CT molecular complexity index is 808. The number of hydrogen-bond acceptors (Lipinski definition) is 5. The number of aromatic nitrogens is 4. The van der Waals surface area contributed by atoms with E-state index >= 15 is 0 Å². The highest BCUT2D eigenvalue weighted by atomic mass is 35.5. The Morgan fingerprint density at radius 3 is 2.85 bits per heavy atom. The van der Waals surface area contributed by atoms with Crippen LogP contribution in [0.15, 0.2) is 17.4 Å². The van der Waals surface area contributed by atoms with Crippen molar-refractivity contribution in [1.82, 2.24) is 19.6 Å². The highest BCUT2D eigenvalue weighted by Crippen LogP contribution is 2.31. The van der Waals surface area contributed by atoms with Gasteiger partial charge in [-0.3, -0.25) is 4.68 Å². The van der Waals surface area contributed by atoms with E-state index in [4.69, 9.17) is 29.6 Å². The minimum absolute atomic E-state index is 0.0489. The van der Waals surface area contributed by atoms with Crippen LogP contribution < -0.4 is 5.73 Å². The van der Waals surface area contributed by atoms with Gasteiger partial charge in [-0.05, 0) is 6.42 Å². The zero-order valence-electron chi connectivity index (χ0n) is 10.2. The van der Waals surface area contributed by atoms with Crippen LogP contribution in [0.3, 0.4) is 0 Å². The molecule has 10 heteroatoms. The highest BCUT2D eigenvalue weighted by Gasteiger charge is 2.31. The third-order valence-electron chi connectivity index (χ3n) is 3.00. The molecule has 1 aliphatic heterocycles. The number of fused-ring (bicyclic) bond motifs is 1. The maximum absolute atomic E-state index is 12.0. The summed E-state index contributed by atoms with van der Waals surface area (Å²) in [6, 6.07) is 0. The van der Waals surface area contributed by atoms with E-state index in [1.807, 2.05) is 0 Å². The average Bonchev–Trinajstić information content (AvgIpc) is 2.94. The summed E-state index contributed by atoms with van der Waals surface area (Å²) in [6.45, 7) is 0.512. The lowest BCUT2D eigenvalue weighted by molar-refractivity contribution is 0.501. The molecule has 2 N–H and O–H groups in total. The minimum atomic E-state index is -3.39. The normalized spacial score (nSPS) is 16.9. The van der Waals surface area contributed by atoms with Crippen LogP contribution in [0.5, 0.6) is 0 Å². The molecule has 0 bridgehead atoms. The molecule has 0 spiro atoms. The monoisotopic (exact) mass is 331 g/mol. The number of hydrogen-bond donors (Lipinski definition) is 1. The van der Waals surface area contributed by atoms with Crippen molar-refractivity contribution in [2.24, 2.45) is 5.73 Å². The summed E-state index contributed by atoms with van der Waals surface area (Å²) < 4.78 is 26.8. The van der Waals surface area contributed by atoms with Crippen molar-refractivity contribution in [3.05, 3.63) is 23.0 Å².